The van der Waals surface area contributed by atoms with Gasteiger partial charge < -0.3 is 10.6 Å². The molecular weight excluding hydrogens is 261 g/mol. The molecule has 3 nitrogen and oxygen atoms in total. The molecule has 0 bridgehead atoms. The lowest BCUT2D eigenvalue weighted by Crippen LogP contribution is -2.08. The molecule has 3 aromatic rings. The number of nitrogens with two attached hydrogens (primary N) is 1. The van der Waals surface area contributed by atoms with Crippen LogP contribution in [0.4, 0.5) is 20.9 Å². The van der Waals surface area contributed by atoms with Crippen molar-refractivity contribution < 1.29 is 4.39 Å². The van der Waals surface area contributed by atoms with Gasteiger partial charge in [-0.2, -0.15) is 0 Å². The molecular formula is C14H12FN3S. The van der Waals surface area contributed by atoms with Crippen LogP contribution < -0.4 is 10.6 Å². The normalized spacial score (nSPS) is 10.8. The third-order valence-electron chi connectivity index (χ3n) is 2.88. The molecule has 0 saturated carbocycles. The molecule has 5 heteroatoms. The molecule has 0 aliphatic rings. The Balaban J connectivity index is 2.04. The number of aromatic nitrogens is 1. The molecule has 0 unspecified atom stereocenters. The fourth-order valence-corrected chi connectivity index (χ4v) is 2.86. The molecule has 0 fully saturated rings. The highest BCUT2D eigenvalue weighted by Crippen LogP contribution is 2.33. The van der Waals surface area contributed by atoms with Crippen molar-refractivity contribution in [2.24, 2.45) is 0 Å². The molecule has 0 atom stereocenters. The number of benzene rings is 2. The smallest absolute Gasteiger partial charge is 0.190 e. The zero-order chi connectivity index (χ0) is 13.4. The number of halogens is 1. The first-order chi connectivity index (χ1) is 9.13. The van der Waals surface area contributed by atoms with E-state index in [2.05, 4.69) is 4.98 Å². The van der Waals surface area contributed by atoms with Gasteiger partial charge in [0.25, 0.3) is 0 Å². The van der Waals surface area contributed by atoms with Crippen LogP contribution in [0.2, 0.25) is 0 Å². The number of nitrogens with zero attached hydrogens (tertiary/aromatic N) is 2. The van der Waals surface area contributed by atoms with Crippen LogP contribution in [0.1, 0.15) is 0 Å². The van der Waals surface area contributed by atoms with E-state index in [1.165, 1.54) is 23.5 Å². The SMILES string of the molecule is CN(c1cccc(F)c1)c1nc2ccc(N)cc2s1. The van der Waals surface area contributed by atoms with Gasteiger partial charge in [0, 0.05) is 18.4 Å². The van der Waals surface area contributed by atoms with Crippen LogP contribution >= 0.6 is 11.3 Å². The van der Waals surface area contributed by atoms with Crippen LogP contribution in [-0.2, 0) is 0 Å². The van der Waals surface area contributed by atoms with Crippen molar-refractivity contribution in [3.05, 3.63) is 48.3 Å². The van der Waals surface area contributed by atoms with Crippen molar-refractivity contribution in [1.82, 2.24) is 4.98 Å². The van der Waals surface area contributed by atoms with Gasteiger partial charge in [-0.25, -0.2) is 9.37 Å². The summed E-state index contributed by atoms with van der Waals surface area (Å²) in [6.07, 6.45) is 0. The van der Waals surface area contributed by atoms with Crippen molar-refractivity contribution in [2.45, 2.75) is 0 Å². The number of nitrogen functional groups attached to an aromatic ring is 1. The lowest BCUT2D eigenvalue weighted by molar-refractivity contribution is 0.628. The average molecular weight is 273 g/mol. The van der Waals surface area contributed by atoms with E-state index in [-0.39, 0.29) is 5.82 Å². The Morgan fingerprint density at radius 3 is 2.84 bits per heavy atom. The molecule has 0 aliphatic carbocycles. The average Bonchev–Trinajstić information content (AvgIpc) is 2.80. The highest BCUT2D eigenvalue weighted by atomic mass is 32.1. The molecule has 0 spiro atoms. The van der Waals surface area contributed by atoms with E-state index in [4.69, 9.17) is 5.73 Å². The highest BCUT2D eigenvalue weighted by molar-refractivity contribution is 7.22. The van der Waals surface area contributed by atoms with Crippen molar-refractivity contribution in [2.75, 3.05) is 17.7 Å². The second kappa shape index (κ2) is 4.51. The fraction of sp³-hybridized carbons (Fsp3) is 0.0714. The fourth-order valence-electron chi connectivity index (χ4n) is 1.87. The van der Waals surface area contributed by atoms with Crippen LogP contribution in [0.15, 0.2) is 42.5 Å². The first-order valence-corrected chi connectivity index (χ1v) is 6.60. The predicted molar refractivity (Wildman–Crippen MR) is 78.5 cm³/mol. The summed E-state index contributed by atoms with van der Waals surface area (Å²) in [6.45, 7) is 0. The monoisotopic (exact) mass is 273 g/mol. The van der Waals surface area contributed by atoms with E-state index < -0.39 is 0 Å². The standard InChI is InChI=1S/C14H12FN3S/c1-18(11-4-2-3-9(15)7-11)14-17-12-6-5-10(16)8-13(12)19-14/h2-8H,16H2,1H3. The lowest BCUT2D eigenvalue weighted by atomic mass is 10.3. The van der Waals surface area contributed by atoms with Gasteiger partial charge in [-0.1, -0.05) is 17.4 Å². The molecule has 0 amide bonds. The molecule has 2 N–H and O–H groups in total. The van der Waals surface area contributed by atoms with Crippen molar-refractivity contribution in [1.29, 1.82) is 0 Å². The van der Waals surface area contributed by atoms with Crippen LogP contribution in [0.5, 0.6) is 0 Å². The van der Waals surface area contributed by atoms with Crippen LogP contribution in [0.3, 0.4) is 0 Å². The molecule has 3 rings (SSSR count). The van der Waals surface area contributed by atoms with E-state index >= 15 is 0 Å². The maximum absolute atomic E-state index is 13.2. The Morgan fingerprint density at radius 1 is 1.21 bits per heavy atom. The molecule has 19 heavy (non-hydrogen) atoms. The highest BCUT2D eigenvalue weighted by Gasteiger charge is 2.10. The number of rotatable bonds is 2. The lowest BCUT2D eigenvalue weighted by Gasteiger charge is -2.15. The minimum Gasteiger partial charge on any atom is -0.399 e. The zero-order valence-corrected chi connectivity index (χ0v) is 11.1. The second-order valence-corrected chi connectivity index (χ2v) is 5.27. The van der Waals surface area contributed by atoms with E-state index in [0.717, 1.165) is 26.7 Å². The Hall–Kier alpha value is -2.14. The largest absolute Gasteiger partial charge is 0.399 e. The quantitative estimate of drug-likeness (QED) is 0.722. The summed E-state index contributed by atoms with van der Waals surface area (Å²) < 4.78 is 14.3. The second-order valence-electron chi connectivity index (χ2n) is 4.26. The zero-order valence-electron chi connectivity index (χ0n) is 10.3. The minimum atomic E-state index is -0.255. The van der Waals surface area contributed by atoms with Gasteiger partial charge in [0.2, 0.25) is 0 Å². The summed E-state index contributed by atoms with van der Waals surface area (Å²) in [4.78, 5) is 6.39. The Morgan fingerprint density at radius 2 is 2.05 bits per heavy atom. The predicted octanol–water partition coefficient (Wildman–Crippen LogP) is 3.79. The number of hydrogen-bond acceptors (Lipinski definition) is 4. The van der Waals surface area contributed by atoms with Gasteiger partial charge in [-0.05, 0) is 36.4 Å². The molecule has 0 aliphatic heterocycles. The first-order valence-electron chi connectivity index (χ1n) is 5.79. The van der Waals surface area contributed by atoms with E-state index in [1.54, 1.807) is 6.07 Å². The maximum Gasteiger partial charge on any atom is 0.190 e. The number of hydrogen-bond donors (Lipinski definition) is 1. The van der Waals surface area contributed by atoms with E-state index in [9.17, 15) is 4.39 Å². The Kier molecular flexibility index (Phi) is 2.83. The summed E-state index contributed by atoms with van der Waals surface area (Å²) in [6, 6.07) is 12.1. The maximum atomic E-state index is 13.2. The number of thiazole rings is 1. The van der Waals surface area contributed by atoms with Gasteiger partial charge in [-0.15, -0.1) is 0 Å². The van der Waals surface area contributed by atoms with Gasteiger partial charge in [0.15, 0.2) is 5.13 Å². The Bertz CT molecular complexity index is 738. The number of fused-ring (bicyclic) bond motifs is 1. The summed E-state index contributed by atoms with van der Waals surface area (Å²) in [5, 5.41) is 0.811. The van der Waals surface area contributed by atoms with Crippen molar-refractivity contribution in [3.63, 3.8) is 0 Å². The van der Waals surface area contributed by atoms with Crippen LogP contribution in [0.25, 0.3) is 10.2 Å². The third-order valence-corrected chi connectivity index (χ3v) is 3.98. The first kappa shape index (κ1) is 11.9. The van der Waals surface area contributed by atoms with Gasteiger partial charge in [0.05, 0.1) is 10.2 Å². The molecule has 2 aromatic carbocycles. The van der Waals surface area contributed by atoms with Crippen molar-refractivity contribution in [3.8, 4) is 0 Å². The molecule has 1 aromatic heterocycles. The van der Waals surface area contributed by atoms with Crippen LogP contribution in [-0.4, -0.2) is 12.0 Å². The van der Waals surface area contributed by atoms with E-state index in [1.807, 2.05) is 36.2 Å². The molecule has 1 heterocycles. The van der Waals surface area contributed by atoms with Crippen molar-refractivity contribution >= 4 is 38.1 Å². The molecule has 0 radical (unpaired) electrons. The Labute approximate surface area is 114 Å². The summed E-state index contributed by atoms with van der Waals surface area (Å²) in [5.41, 5.74) is 8.15. The summed E-state index contributed by atoms with van der Waals surface area (Å²) >= 11 is 1.53. The number of anilines is 3. The molecule has 96 valence electrons. The third kappa shape index (κ3) is 2.24. The minimum absolute atomic E-state index is 0.255. The summed E-state index contributed by atoms with van der Waals surface area (Å²) in [7, 11) is 1.87. The summed E-state index contributed by atoms with van der Waals surface area (Å²) in [5.74, 6) is -0.255. The van der Waals surface area contributed by atoms with Gasteiger partial charge >= 0.3 is 0 Å². The topological polar surface area (TPSA) is 42.2 Å². The molecule has 0 saturated heterocycles. The van der Waals surface area contributed by atoms with Gasteiger partial charge in [0.1, 0.15) is 5.82 Å². The van der Waals surface area contributed by atoms with E-state index in [0.29, 0.717) is 0 Å². The van der Waals surface area contributed by atoms with Gasteiger partial charge in [-0.3, -0.25) is 0 Å². The van der Waals surface area contributed by atoms with Crippen LogP contribution in [0, 0.1) is 5.82 Å².